The van der Waals surface area contributed by atoms with E-state index in [0.717, 1.165) is 32.5 Å². The lowest BCUT2D eigenvalue weighted by molar-refractivity contribution is -0.121. The zero-order valence-corrected chi connectivity index (χ0v) is 18.4. The number of likely N-dealkylation sites (tertiary alicyclic amines) is 1. The van der Waals surface area contributed by atoms with Gasteiger partial charge >= 0.3 is 0 Å². The van der Waals surface area contributed by atoms with Gasteiger partial charge in [-0.1, -0.05) is 59.6 Å². The third-order valence-corrected chi connectivity index (χ3v) is 5.89. The first-order chi connectivity index (χ1) is 15.1. The Bertz CT molecular complexity index is 1010. The number of hydrogen-bond donors (Lipinski definition) is 1. The molecule has 0 unspecified atom stereocenters. The van der Waals surface area contributed by atoms with Crippen LogP contribution in [0.3, 0.4) is 0 Å². The van der Waals surface area contributed by atoms with Gasteiger partial charge in [-0.2, -0.15) is 0 Å². The molecule has 5 heteroatoms. The number of nitrogens with one attached hydrogen (secondary N) is 1. The topological polar surface area (TPSA) is 41.6 Å². The number of amides is 1. The minimum absolute atomic E-state index is 0.0159. The monoisotopic (exact) mass is 434 g/mol. The van der Waals surface area contributed by atoms with E-state index in [1.54, 1.807) is 18.2 Å². The van der Waals surface area contributed by atoms with Crippen LogP contribution in [0.1, 0.15) is 24.0 Å². The maximum absolute atomic E-state index is 13.0. The summed E-state index contributed by atoms with van der Waals surface area (Å²) in [6.07, 6.45) is 1.68. The van der Waals surface area contributed by atoms with E-state index in [4.69, 9.17) is 16.3 Å². The van der Waals surface area contributed by atoms with Crippen LogP contribution in [0, 0.1) is 12.8 Å². The smallest absolute Gasteiger partial charge is 0.227 e. The SMILES string of the molecule is Cc1ccc(CN2CCC(C(=O)Nc3cc(Cl)ccc3Oc3ccccc3)CC2)cc1. The summed E-state index contributed by atoms with van der Waals surface area (Å²) in [5.41, 5.74) is 3.19. The molecule has 4 rings (SSSR count). The highest BCUT2D eigenvalue weighted by molar-refractivity contribution is 6.31. The number of rotatable bonds is 6. The number of carbonyl (C=O) groups is 1. The van der Waals surface area contributed by atoms with Crippen molar-refractivity contribution in [1.82, 2.24) is 4.90 Å². The Labute approximate surface area is 188 Å². The van der Waals surface area contributed by atoms with E-state index >= 15 is 0 Å². The molecule has 0 bridgehead atoms. The molecule has 1 heterocycles. The molecule has 3 aromatic carbocycles. The second-order valence-electron chi connectivity index (χ2n) is 8.08. The molecule has 0 radical (unpaired) electrons. The number of piperidine rings is 1. The second-order valence-corrected chi connectivity index (χ2v) is 8.52. The van der Waals surface area contributed by atoms with Crippen molar-refractivity contribution >= 4 is 23.2 Å². The molecule has 1 amide bonds. The zero-order valence-electron chi connectivity index (χ0n) is 17.7. The lowest BCUT2D eigenvalue weighted by Gasteiger charge is -2.31. The maximum atomic E-state index is 13.0. The number of hydrogen-bond acceptors (Lipinski definition) is 3. The van der Waals surface area contributed by atoms with Crippen LogP contribution in [0.4, 0.5) is 5.69 Å². The van der Waals surface area contributed by atoms with Crippen molar-refractivity contribution in [2.45, 2.75) is 26.3 Å². The number of para-hydroxylation sites is 1. The van der Waals surface area contributed by atoms with Crippen LogP contribution in [0.25, 0.3) is 0 Å². The first-order valence-corrected chi connectivity index (χ1v) is 11.1. The van der Waals surface area contributed by atoms with Gasteiger partial charge in [-0.25, -0.2) is 0 Å². The quantitative estimate of drug-likeness (QED) is 0.495. The highest BCUT2D eigenvalue weighted by atomic mass is 35.5. The molecule has 1 aliphatic heterocycles. The highest BCUT2D eigenvalue weighted by Crippen LogP contribution is 2.33. The molecule has 31 heavy (non-hydrogen) atoms. The van der Waals surface area contributed by atoms with Crippen LogP contribution in [0.2, 0.25) is 5.02 Å². The van der Waals surface area contributed by atoms with Gasteiger partial charge in [0, 0.05) is 17.5 Å². The molecule has 0 aliphatic carbocycles. The number of nitrogens with zero attached hydrogens (tertiary/aromatic N) is 1. The summed E-state index contributed by atoms with van der Waals surface area (Å²) < 4.78 is 5.96. The van der Waals surface area contributed by atoms with Crippen molar-refractivity contribution in [3.63, 3.8) is 0 Å². The van der Waals surface area contributed by atoms with Crippen molar-refractivity contribution in [2.24, 2.45) is 5.92 Å². The van der Waals surface area contributed by atoms with Gasteiger partial charge in [0.05, 0.1) is 5.69 Å². The van der Waals surface area contributed by atoms with Crippen molar-refractivity contribution in [3.05, 3.63) is 88.9 Å². The fraction of sp³-hybridized carbons (Fsp3) is 0.269. The van der Waals surface area contributed by atoms with E-state index in [1.165, 1.54) is 11.1 Å². The number of anilines is 1. The summed E-state index contributed by atoms with van der Waals surface area (Å²) >= 11 is 6.18. The number of halogens is 1. The van der Waals surface area contributed by atoms with Gasteiger partial charge in [0.2, 0.25) is 5.91 Å². The highest BCUT2D eigenvalue weighted by Gasteiger charge is 2.25. The standard InChI is InChI=1S/C26H27ClN2O2/c1-19-7-9-20(10-8-19)18-29-15-13-21(14-16-29)26(30)28-24-17-22(27)11-12-25(24)31-23-5-3-2-4-6-23/h2-12,17,21H,13-16,18H2,1H3,(H,28,30). The second kappa shape index (κ2) is 9.99. The van der Waals surface area contributed by atoms with Crippen molar-refractivity contribution in [3.8, 4) is 11.5 Å². The van der Waals surface area contributed by atoms with Gasteiger partial charge in [0.15, 0.2) is 5.75 Å². The molecule has 1 saturated heterocycles. The van der Waals surface area contributed by atoms with Gasteiger partial charge in [-0.3, -0.25) is 9.69 Å². The third-order valence-electron chi connectivity index (χ3n) is 5.66. The Kier molecular flexibility index (Phi) is 6.90. The summed E-state index contributed by atoms with van der Waals surface area (Å²) in [6, 6.07) is 23.5. The number of benzene rings is 3. The van der Waals surface area contributed by atoms with Crippen LogP contribution >= 0.6 is 11.6 Å². The van der Waals surface area contributed by atoms with Gasteiger partial charge < -0.3 is 10.1 Å². The van der Waals surface area contributed by atoms with Crippen LogP contribution in [0.5, 0.6) is 11.5 Å². The lowest BCUT2D eigenvalue weighted by Crippen LogP contribution is -2.37. The molecular formula is C26H27ClN2O2. The molecule has 4 nitrogen and oxygen atoms in total. The Morgan fingerprint density at radius 3 is 2.45 bits per heavy atom. The molecule has 1 aliphatic rings. The Morgan fingerprint density at radius 2 is 1.74 bits per heavy atom. The molecule has 0 atom stereocenters. The van der Waals surface area contributed by atoms with E-state index in [1.807, 2.05) is 30.3 Å². The first kappa shape index (κ1) is 21.4. The summed E-state index contributed by atoms with van der Waals surface area (Å²) in [5.74, 6) is 1.30. The summed E-state index contributed by atoms with van der Waals surface area (Å²) in [4.78, 5) is 15.4. The predicted molar refractivity (Wildman–Crippen MR) is 126 cm³/mol. The molecule has 0 saturated carbocycles. The molecular weight excluding hydrogens is 408 g/mol. The van der Waals surface area contributed by atoms with Gasteiger partial charge in [-0.05, 0) is 68.8 Å². The Morgan fingerprint density at radius 1 is 1.03 bits per heavy atom. The lowest BCUT2D eigenvalue weighted by atomic mass is 9.95. The average Bonchev–Trinajstić information content (AvgIpc) is 2.78. The first-order valence-electron chi connectivity index (χ1n) is 10.7. The number of carbonyl (C=O) groups excluding carboxylic acids is 1. The van der Waals surface area contributed by atoms with Crippen molar-refractivity contribution in [1.29, 1.82) is 0 Å². The minimum atomic E-state index is -0.0159. The molecule has 3 aromatic rings. The van der Waals surface area contributed by atoms with E-state index in [-0.39, 0.29) is 11.8 Å². The molecule has 0 spiro atoms. The van der Waals surface area contributed by atoms with Crippen LogP contribution in [-0.4, -0.2) is 23.9 Å². The van der Waals surface area contributed by atoms with Crippen LogP contribution in [-0.2, 0) is 11.3 Å². The average molecular weight is 435 g/mol. The predicted octanol–water partition coefficient (Wildman–Crippen LogP) is 6.29. The van der Waals surface area contributed by atoms with E-state index in [0.29, 0.717) is 22.2 Å². The third kappa shape index (κ3) is 5.87. The van der Waals surface area contributed by atoms with Gasteiger partial charge in [0.1, 0.15) is 5.75 Å². The summed E-state index contributed by atoms with van der Waals surface area (Å²) in [7, 11) is 0. The molecule has 0 aromatic heterocycles. The maximum Gasteiger partial charge on any atom is 0.227 e. The fourth-order valence-electron chi connectivity index (χ4n) is 3.84. The normalized spacial score (nSPS) is 14.9. The van der Waals surface area contributed by atoms with Gasteiger partial charge in [0.25, 0.3) is 0 Å². The summed E-state index contributed by atoms with van der Waals surface area (Å²) in [6.45, 7) is 4.85. The zero-order chi connectivity index (χ0) is 21.6. The minimum Gasteiger partial charge on any atom is -0.455 e. The summed E-state index contributed by atoms with van der Waals surface area (Å²) in [5, 5.41) is 3.60. The van der Waals surface area contributed by atoms with E-state index in [2.05, 4.69) is 41.4 Å². The van der Waals surface area contributed by atoms with Crippen LogP contribution < -0.4 is 10.1 Å². The molecule has 160 valence electrons. The fourth-order valence-corrected chi connectivity index (χ4v) is 4.02. The largest absolute Gasteiger partial charge is 0.455 e. The Balaban J connectivity index is 1.35. The van der Waals surface area contributed by atoms with E-state index < -0.39 is 0 Å². The molecule has 1 fully saturated rings. The van der Waals surface area contributed by atoms with Gasteiger partial charge in [-0.15, -0.1) is 0 Å². The van der Waals surface area contributed by atoms with Crippen molar-refractivity contribution < 1.29 is 9.53 Å². The van der Waals surface area contributed by atoms with E-state index in [9.17, 15) is 4.79 Å². The molecule has 1 N–H and O–H groups in total. The van der Waals surface area contributed by atoms with Crippen molar-refractivity contribution in [2.75, 3.05) is 18.4 Å². The Hall–Kier alpha value is -2.82. The van der Waals surface area contributed by atoms with Crippen LogP contribution in [0.15, 0.2) is 72.8 Å². The number of aryl methyl sites for hydroxylation is 1. The number of ether oxygens (including phenoxy) is 1.